The van der Waals surface area contributed by atoms with E-state index in [2.05, 4.69) is 30.2 Å². The van der Waals surface area contributed by atoms with Gasteiger partial charge in [0.25, 0.3) is 0 Å². The highest BCUT2D eigenvalue weighted by Crippen LogP contribution is 2.30. The topological polar surface area (TPSA) is 97.6 Å². The summed E-state index contributed by atoms with van der Waals surface area (Å²) >= 11 is 0. The maximum absolute atomic E-state index is 12.8. The third-order valence-electron chi connectivity index (χ3n) is 5.70. The van der Waals surface area contributed by atoms with E-state index in [0.29, 0.717) is 17.2 Å². The lowest BCUT2D eigenvalue weighted by atomic mass is 10.2. The molecule has 1 saturated heterocycles. The van der Waals surface area contributed by atoms with Crippen molar-refractivity contribution >= 4 is 28.4 Å². The Hall–Kier alpha value is -3.40. The number of ether oxygens (including phenoxy) is 2. The molecule has 0 radical (unpaired) electrons. The van der Waals surface area contributed by atoms with Gasteiger partial charge in [-0.3, -0.25) is 14.4 Å². The van der Waals surface area contributed by atoms with Gasteiger partial charge in [-0.25, -0.2) is 9.97 Å². The van der Waals surface area contributed by atoms with Gasteiger partial charge in [0.15, 0.2) is 17.1 Å². The van der Waals surface area contributed by atoms with Gasteiger partial charge in [-0.1, -0.05) is 0 Å². The normalized spacial score (nSPS) is 15.7. The minimum Gasteiger partial charge on any atom is -0.493 e. The van der Waals surface area contributed by atoms with Gasteiger partial charge in [0.1, 0.15) is 12.1 Å². The number of carbonyl (C=O) groups excluding carboxylic acids is 1. The predicted octanol–water partition coefficient (Wildman–Crippen LogP) is 1.53. The van der Waals surface area contributed by atoms with Gasteiger partial charge in [0.05, 0.1) is 31.8 Å². The standard InChI is InChI=1S/C21H27N7O3/c1-14(21(29)25-15-5-6-17(30-3)18(11-15)31-4)27-7-9-28(10-8-27)20-16-12-24-26(2)19(16)22-13-23-20/h5-6,11-14H,7-10H2,1-4H3,(H,25,29). The Balaban J connectivity index is 1.38. The summed E-state index contributed by atoms with van der Waals surface area (Å²) in [5.74, 6) is 2.03. The lowest BCUT2D eigenvalue weighted by molar-refractivity contribution is -0.120. The Morgan fingerprint density at radius 1 is 1.10 bits per heavy atom. The molecule has 1 fully saturated rings. The zero-order valence-electron chi connectivity index (χ0n) is 18.2. The van der Waals surface area contributed by atoms with E-state index in [1.165, 1.54) is 0 Å². The Bertz CT molecular complexity index is 1080. The highest BCUT2D eigenvalue weighted by atomic mass is 16.5. The number of aryl methyl sites for hydroxylation is 1. The molecule has 1 unspecified atom stereocenters. The predicted molar refractivity (Wildman–Crippen MR) is 118 cm³/mol. The van der Waals surface area contributed by atoms with E-state index in [-0.39, 0.29) is 11.9 Å². The first kappa shape index (κ1) is 20.9. The molecular weight excluding hydrogens is 398 g/mol. The molecule has 1 amide bonds. The minimum atomic E-state index is -0.265. The molecule has 0 saturated carbocycles. The van der Waals surface area contributed by atoms with Gasteiger partial charge in [0.2, 0.25) is 5.91 Å². The van der Waals surface area contributed by atoms with Gasteiger partial charge in [0, 0.05) is 45.0 Å². The van der Waals surface area contributed by atoms with Gasteiger partial charge in [-0.15, -0.1) is 0 Å². The van der Waals surface area contributed by atoms with Crippen LogP contribution < -0.4 is 19.7 Å². The number of methoxy groups -OCH3 is 2. The second-order valence-corrected chi connectivity index (χ2v) is 7.46. The number of hydrogen-bond acceptors (Lipinski definition) is 8. The third-order valence-corrected chi connectivity index (χ3v) is 5.70. The smallest absolute Gasteiger partial charge is 0.241 e. The zero-order chi connectivity index (χ0) is 22.0. The molecule has 1 atom stereocenters. The molecule has 3 heterocycles. The first-order valence-corrected chi connectivity index (χ1v) is 10.2. The van der Waals surface area contributed by atoms with Crippen LogP contribution in [0.3, 0.4) is 0 Å². The van der Waals surface area contributed by atoms with Crippen LogP contribution in [0.2, 0.25) is 0 Å². The number of aromatic nitrogens is 4. The Morgan fingerprint density at radius 3 is 2.55 bits per heavy atom. The van der Waals surface area contributed by atoms with E-state index in [4.69, 9.17) is 9.47 Å². The summed E-state index contributed by atoms with van der Waals surface area (Å²) in [6, 6.07) is 5.08. The van der Waals surface area contributed by atoms with Crippen LogP contribution in [0.25, 0.3) is 11.0 Å². The molecule has 0 spiro atoms. The van der Waals surface area contributed by atoms with Crippen molar-refractivity contribution < 1.29 is 14.3 Å². The molecule has 10 nitrogen and oxygen atoms in total. The maximum atomic E-state index is 12.8. The fourth-order valence-electron chi connectivity index (χ4n) is 3.85. The summed E-state index contributed by atoms with van der Waals surface area (Å²) < 4.78 is 12.3. The van der Waals surface area contributed by atoms with Crippen LogP contribution in [0, 0.1) is 0 Å². The number of nitrogens with one attached hydrogen (secondary N) is 1. The molecule has 10 heteroatoms. The van der Waals surface area contributed by atoms with Crippen molar-refractivity contribution in [2.75, 3.05) is 50.6 Å². The van der Waals surface area contributed by atoms with Crippen LogP contribution in [0.15, 0.2) is 30.7 Å². The number of piperazine rings is 1. The molecule has 1 aliphatic heterocycles. The van der Waals surface area contributed by atoms with Gasteiger partial charge in [-0.05, 0) is 19.1 Å². The van der Waals surface area contributed by atoms with Crippen molar-refractivity contribution in [3.63, 3.8) is 0 Å². The molecule has 1 aliphatic rings. The summed E-state index contributed by atoms with van der Waals surface area (Å²) in [5.41, 5.74) is 1.49. The summed E-state index contributed by atoms with van der Waals surface area (Å²) in [5, 5.41) is 8.20. The van der Waals surface area contributed by atoms with Crippen molar-refractivity contribution in [2.24, 2.45) is 7.05 Å². The fraction of sp³-hybridized carbons (Fsp3) is 0.429. The van der Waals surface area contributed by atoms with Gasteiger partial charge in [-0.2, -0.15) is 5.10 Å². The van der Waals surface area contributed by atoms with Crippen molar-refractivity contribution in [3.05, 3.63) is 30.7 Å². The number of fused-ring (bicyclic) bond motifs is 1. The van der Waals surface area contributed by atoms with Crippen molar-refractivity contribution in [3.8, 4) is 11.5 Å². The molecule has 0 aliphatic carbocycles. The van der Waals surface area contributed by atoms with Gasteiger partial charge < -0.3 is 19.7 Å². The van der Waals surface area contributed by atoms with Crippen molar-refractivity contribution in [1.29, 1.82) is 0 Å². The van der Waals surface area contributed by atoms with Gasteiger partial charge >= 0.3 is 0 Å². The van der Waals surface area contributed by atoms with Crippen LogP contribution in [0.4, 0.5) is 11.5 Å². The van der Waals surface area contributed by atoms with E-state index in [9.17, 15) is 4.79 Å². The molecule has 164 valence electrons. The van der Waals surface area contributed by atoms with Crippen LogP contribution >= 0.6 is 0 Å². The number of benzene rings is 1. The van der Waals surface area contributed by atoms with E-state index >= 15 is 0 Å². The Morgan fingerprint density at radius 2 is 1.84 bits per heavy atom. The maximum Gasteiger partial charge on any atom is 0.241 e. The summed E-state index contributed by atoms with van der Waals surface area (Å²) in [6.45, 7) is 4.98. The lowest BCUT2D eigenvalue weighted by Gasteiger charge is -2.38. The number of hydrogen-bond donors (Lipinski definition) is 1. The highest BCUT2D eigenvalue weighted by molar-refractivity contribution is 5.95. The number of carbonyl (C=O) groups is 1. The molecule has 31 heavy (non-hydrogen) atoms. The average Bonchev–Trinajstić information content (AvgIpc) is 3.19. The minimum absolute atomic E-state index is 0.0580. The molecule has 4 rings (SSSR count). The lowest BCUT2D eigenvalue weighted by Crippen LogP contribution is -2.53. The van der Waals surface area contributed by atoms with Crippen molar-refractivity contribution in [1.82, 2.24) is 24.6 Å². The van der Waals surface area contributed by atoms with E-state index in [1.807, 2.05) is 14.0 Å². The number of nitrogens with zero attached hydrogens (tertiary/aromatic N) is 6. The average molecular weight is 425 g/mol. The molecule has 2 aromatic heterocycles. The van der Waals surface area contributed by atoms with Crippen LogP contribution in [0.5, 0.6) is 11.5 Å². The number of anilines is 2. The number of amides is 1. The zero-order valence-corrected chi connectivity index (χ0v) is 18.2. The number of rotatable bonds is 6. The molecule has 1 aromatic carbocycles. The quantitative estimate of drug-likeness (QED) is 0.635. The first-order chi connectivity index (χ1) is 15.0. The summed E-state index contributed by atoms with van der Waals surface area (Å²) in [6.07, 6.45) is 3.38. The van der Waals surface area contributed by atoms with Crippen LogP contribution in [-0.4, -0.2) is 77.0 Å². The van der Waals surface area contributed by atoms with E-state index in [1.54, 1.807) is 49.6 Å². The second-order valence-electron chi connectivity index (χ2n) is 7.46. The molecule has 0 bridgehead atoms. The molecular formula is C21H27N7O3. The fourth-order valence-corrected chi connectivity index (χ4v) is 3.85. The van der Waals surface area contributed by atoms with E-state index < -0.39 is 0 Å². The third kappa shape index (κ3) is 4.11. The molecule has 3 aromatic rings. The summed E-state index contributed by atoms with van der Waals surface area (Å²) in [7, 11) is 5.02. The summed E-state index contributed by atoms with van der Waals surface area (Å²) in [4.78, 5) is 26.0. The van der Waals surface area contributed by atoms with Crippen molar-refractivity contribution in [2.45, 2.75) is 13.0 Å². The van der Waals surface area contributed by atoms with Crippen LogP contribution in [-0.2, 0) is 11.8 Å². The largest absolute Gasteiger partial charge is 0.493 e. The first-order valence-electron chi connectivity index (χ1n) is 10.2. The van der Waals surface area contributed by atoms with E-state index in [0.717, 1.165) is 43.0 Å². The monoisotopic (exact) mass is 425 g/mol. The second kappa shape index (κ2) is 8.76. The highest BCUT2D eigenvalue weighted by Gasteiger charge is 2.27. The Labute approximate surface area is 180 Å². The van der Waals surface area contributed by atoms with Crippen LogP contribution in [0.1, 0.15) is 6.92 Å². The Kier molecular flexibility index (Phi) is 5.90. The SMILES string of the molecule is COc1ccc(NC(=O)C(C)N2CCN(c3ncnc4c3cnn4C)CC2)cc1OC. The molecule has 1 N–H and O–H groups in total.